The van der Waals surface area contributed by atoms with E-state index >= 15 is 0 Å². The van der Waals surface area contributed by atoms with Crippen LogP contribution in [-0.2, 0) is 25.6 Å². The third kappa shape index (κ3) is 4.67. The van der Waals surface area contributed by atoms with Crippen molar-refractivity contribution in [2.75, 3.05) is 19.8 Å². The van der Waals surface area contributed by atoms with Gasteiger partial charge in [0.1, 0.15) is 18.1 Å². The number of benzene rings is 2. The van der Waals surface area contributed by atoms with Crippen LogP contribution in [0.5, 0.6) is 11.5 Å². The maximum Gasteiger partial charge on any atom is 0.233 e. The van der Waals surface area contributed by atoms with Gasteiger partial charge in [-0.05, 0) is 64.9 Å². The van der Waals surface area contributed by atoms with Crippen LogP contribution in [0.15, 0.2) is 81.9 Å². The first-order valence-electron chi connectivity index (χ1n) is 13.6. The second kappa shape index (κ2) is 10.9. The fraction of sp³-hybridized carbons (Fsp3) is 0.312. The van der Waals surface area contributed by atoms with Gasteiger partial charge in [0.15, 0.2) is 11.6 Å². The SMILES string of the molecule is O=C1C=C(Br)C(=O)C2=C1C(c1ccccc1OCCO)C1=CCC3C(=O)N(CCc4ccc(O)cc4)C(=O)C3C1C2. The molecule has 4 unspecified atom stereocenters. The van der Waals surface area contributed by atoms with Crippen LogP contribution in [-0.4, -0.2) is 58.3 Å². The van der Waals surface area contributed by atoms with Crippen LogP contribution in [0.25, 0.3) is 0 Å². The molecule has 1 heterocycles. The number of aliphatic hydroxyl groups is 1. The predicted octanol–water partition coefficient (Wildman–Crippen LogP) is 3.77. The van der Waals surface area contributed by atoms with E-state index in [1.54, 1.807) is 36.4 Å². The Hall–Kier alpha value is -3.82. The van der Waals surface area contributed by atoms with Gasteiger partial charge in [-0.1, -0.05) is 42.0 Å². The van der Waals surface area contributed by atoms with E-state index in [0.717, 1.165) is 11.1 Å². The Morgan fingerprint density at radius 1 is 0.976 bits per heavy atom. The van der Waals surface area contributed by atoms with Gasteiger partial charge in [-0.15, -0.1) is 0 Å². The average Bonchev–Trinajstić information content (AvgIpc) is 3.22. The highest BCUT2D eigenvalue weighted by atomic mass is 79.9. The zero-order valence-electron chi connectivity index (χ0n) is 22.1. The maximum absolute atomic E-state index is 13.9. The van der Waals surface area contributed by atoms with Crippen LogP contribution in [0.4, 0.5) is 0 Å². The summed E-state index contributed by atoms with van der Waals surface area (Å²) in [6.07, 6.45) is 4.28. The van der Waals surface area contributed by atoms with Crippen molar-refractivity contribution in [3.05, 3.63) is 93.0 Å². The van der Waals surface area contributed by atoms with E-state index in [4.69, 9.17) is 4.74 Å². The number of hydrogen-bond acceptors (Lipinski definition) is 7. The molecule has 1 fully saturated rings. The number of ketones is 2. The molecule has 9 heteroatoms. The fourth-order valence-corrected chi connectivity index (χ4v) is 7.20. The molecular weight excluding hydrogens is 590 g/mol. The van der Waals surface area contributed by atoms with Gasteiger partial charge in [0.25, 0.3) is 0 Å². The van der Waals surface area contributed by atoms with Crippen LogP contribution in [0.1, 0.15) is 29.9 Å². The number of rotatable bonds is 7. The van der Waals surface area contributed by atoms with Crippen molar-refractivity contribution in [3.8, 4) is 11.5 Å². The lowest BCUT2D eigenvalue weighted by molar-refractivity contribution is -0.140. The van der Waals surface area contributed by atoms with Crippen molar-refractivity contribution < 1.29 is 34.1 Å². The summed E-state index contributed by atoms with van der Waals surface area (Å²) in [5, 5.41) is 18.9. The number of para-hydroxylation sites is 1. The summed E-state index contributed by atoms with van der Waals surface area (Å²) in [6, 6.07) is 13.9. The van der Waals surface area contributed by atoms with Gasteiger partial charge in [0.2, 0.25) is 11.8 Å². The number of halogens is 1. The first-order valence-corrected chi connectivity index (χ1v) is 14.4. The monoisotopic (exact) mass is 617 g/mol. The summed E-state index contributed by atoms with van der Waals surface area (Å²) >= 11 is 3.25. The Labute approximate surface area is 245 Å². The molecular formula is C32H28BrNO7. The number of ether oxygens (including phenoxy) is 1. The molecule has 2 amide bonds. The fourth-order valence-electron chi connectivity index (χ4n) is 6.76. The van der Waals surface area contributed by atoms with E-state index in [2.05, 4.69) is 15.9 Å². The zero-order valence-corrected chi connectivity index (χ0v) is 23.7. The maximum atomic E-state index is 13.9. The summed E-state index contributed by atoms with van der Waals surface area (Å²) < 4.78 is 6.01. The number of aromatic hydroxyl groups is 1. The molecule has 8 nitrogen and oxygen atoms in total. The summed E-state index contributed by atoms with van der Waals surface area (Å²) in [7, 11) is 0. The van der Waals surface area contributed by atoms with Gasteiger partial charge in [0.05, 0.1) is 22.9 Å². The number of phenols is 1. The first kappa shape index (κ1) is 27.4. The number of carbonyl (C=O) groups is 4. The second-order valence-corrected chi connectivity index (χ2v) is 11.6. The molecule has 0 aromatic heterocycles. The molecule has 1 aliphatic heterocycles. The first-order chi connectivity index (χ1) is 19.8. The van der Waals surface area contributed by atoms with Gasteiger partial charge in [-0.2, -0.15) is 0 Å². The van der Waals surface area contributed by atoms with Gasteiger partial charge < -0.3 is 14.9 Å². The van der Waals surface area contributed by atoms with Gasteiger partial charge in [-0.25, -0.2) is 0 Å². The van der Waals surface area contributed by atoms with Crippen molar-refractivity contribution in [2.45, 2.75) is 25.2 Å². The molecule has 6 rings (SSSR count). The van der Waals surface area contributed by atoms with Crippen molar-refractivity contribution in [2.24, 2.45) is 17.8 Å². The van der Waals surface area contributed by atoms with Gasteiger partial charge in [-0.3, -0.25) is 24.1 Å². The van der Waals surface area contributed by atoms with Crippen LogP contribution < -0.4 is 4.74 Å². The van der Waals surface area contributed by atoms with Crippen LogP contribution in [0, 0.1) is 17.8 Å². The molecule has 0 radical (unpaired) electrons. The third-order valence-corrected chi connectivity index (χ3v) is 9.15. The largest absolute Gasteiger partial charge is 0.508 e. The Balaban J connectivity index is 1.39. The topological polar surface area (TPSA) is 121 Å². The van der Waals surface area contributed by atoms with E-state index in [1.807, 2.05) is 18.2 Å². The Morgan fingerprint density at radius 2 is 1.73 bits per heavy atom. The molecule has 210 valence electrons. The molecule has 0 saturated carbocycles. The number of carbonyl (C=O) groups excluding carboxylic acids is 4. The van der Waals surface area contributed by atoms with Crippen molar-refractivity contribution in [1.82, 2.24) is 4.90 Å². The minimum absolute atomic E-state index is 0.0596. The van der Waals surface area contributed by atoms with Crippen LogP contribution >= 0.6 is 15.9 Å². The van der Waals surface area contributed by atoms with Crippen LogP contribution in [0.2, 0.25) is 0 Å². The predicted molar refractivity (Wildman–Crippen MR) is 152 cm³/mol. The molecule has 2 aromatic rings. The lowest BCUT2D eigenvalue weighted by Gasteiger charge is -2.42. The zero-order chi connectivity index (χ0) is 28.8. The average molecular weight is 618 g/mol. The number of nitrogens with zero attached hydrogens (tertiary/aromatic N) is 1. The highest BCUT2D eigenvalue weighted by Gasteiger charge is 2.56. The van der Waals surface area contributed by atoms with Crippen molar-refractivity contribution >= 4 is 39.3 Å². The van der Waals surface area contributed by atoms with E-state index in [-0.39, 0.29) is 59.8 Å². The number of hydrogen-bond donors (Lipinski definition) is 2. The third-order valence-electron chi connectivity index (χ3n) is 8.56. The molecule has 0 bridgehead atoms. The highest BCUT2D eigenvalue weighted by Crippen LogP contribution is 2.56. The molecule has 4 aliphatic rings. The molecule has 0 spiro atoms. The number of Topliss-reactive ketones (excluding diaryl/α,β-unsaturated/α-hetero) is 1. The van der Waals surface area contributed by atoms with Crippen molar-refractivity contribution in [1.29, 1.82) is 0 Å². The summed E-state index contributed by atoms with van der Waals surface area (Å²) in [4.78, 5) is 55.6. The molecule has 3 aliphatic carbocycles. The Bertz CT molecular complexity index is 1550. The molecule has 4 atom stereocenters. The molecule has 2 N–H and O–H groups in total. The molecule has 2 aromatic carbocycles. The number of likely N-dealkylation sites (tertiary alicyclic amines) is 1. The summed E-state index contributed by atoms with van der Waals surface area (Å²) in [5.41, 5.74) is 3.15. The number of fused-ring (bicyclic) bond motifs is 3. The number of aliphatic hydroxyl groups excluding tert-OH is 1. The summed E-state index contributed by atoms with van der Waals surface area (Å²) in [5.74, 6) is -2.65. The normalized spacial score (nSPS) is 25.5. The number of phenolic OH excluding ortho intramolecular Hbond substituents is 1. The quantitative estimate of drug-likeness (QED) is 0.276. The van der Waals surface area contributed by atoms with E-state index in [1.165, 1.54) is 11.0 Å². The van der Waals surface area contributed by atoms with Gasteiger partial charge >= 0.3 is 0 Å². The van der Waals surface area contributed by atoms with E-state index in [0.29, 0.717) is 35.3 Å². The van der Waals surface area contributed by atoms with Crippen molar-refractivity contribution in [3.63, 3.8) is 0 Å². The number of allylic oxidation sites excluding steroid dienone is 6. The highest BCUT2D eigenvalue weighted by molar-refractivity contribution is 9.12. The Kier molecular flexibility index (Phi) is 7.25. The number of amides is 2. The second-order valence-electron chi connectivity index (χ2n) is 10.7. The smallest absolute Gasteiger partial charge is 0.233 e. The van der Waals surface area contributed by atoms with E-state index in [9.17, 15) is 29.4 Å². The summed E-state index contributed by atoms with van der Waals surface area (Å²) in [6.45, 7) is 0.0915. The minimum atomic E-state index is -0.642. The lowest BCUT2D eigenvalue weighted by atomic mass is 9.59. The van der Waals surface area contributed by atoms with Gasteiger partial charge in [0, 0.05) is 35.2 Å². The minimum Gasteiger partial charge on any atom is -0.508 e. The van der Waals surface area contributed by atoms with E-state index < -0.39 is 23.7 Å². The standard InChI is InChI=1S/C32H28BrNO7/c33-24-16-25(37)29-23(30(24)38)15-22-19(27(29)20-3-1-2-4-26(20)41-14-13-35)9-10-21-28(22)32(40)34(31(21)39)12-11-17-5-7-18(36)8-6-17/h1-9,16,21-22,27-28,35-36H,10-15H2. The van der Waals surface area contributed by atoms with Crippen LogP contribution in [0.3, 0.4) is 0 Å². The number of imide groups is 1. The molecule has 1 saturated heterocycles. The molecule has 41 heavy (non-hydrogen) atoms. The lowest BCUT2D eigenvalue weighted by Crippen LogP contribution is -2.40. The Morgan fingerprint density at radius 3 is 2.49 bits per heavy atom.